The van der Waals surface area contributed by atoms with Crippen LogP contribution in [0.2, 0.25) is 0 Å². The Morgan fingerprint density at radius 3 is 2.35 bits per heavy atom. The zero-order valence-electron chi connectivity index (χ0n) is 13.6. The summed E-state index contributed by atoms with van der Waals surface area (Å²) in [6.07, 6.45) is 1.99. The minimum atomic E-state index is -0.00810. The first-order valence-electron chi connectivity index (χ1n) is 7.42. The van der Waals surface area contributed by atoms with E-state index >= 15 is 0 Å². The van der Waals surface area contributed by atoms with E-state index < -0.39 is 0 Å². The molecule has 0 radical (unpaired) electrons. The molecule has 1 atom stereocenters. The Balaban J connectivity index is 2.55. The molecule has 3 nitrogen and oxygen atoms in total. The number of hydrogen-bond donors (Lipinski definition) is 0. The van der Waals surface area contributed by atoms with Gasteiger partial charge in [-0.15, -0.1) is 0 Å². The Labute approximate surface area is 123 Å². The van der Waals surface area contributed by atoms with E-state index in [2.05, 4.69) is 51.9 Å². The van der Waals surface area contributed by atoms with Crippen LogP contribution in [0.25, 0.3) is 0 Å². The monoisotopic (exact) mass is 279 g/mol. The Morgan fingerprint density at radius 1 is 1.15 bits per heavy atom. The van der Waals surface area contributed by atoms with Crippen LogP contribution in [0, 0.1) is 5.41 Å². The van der Waals surface area contributed by atoms with Crippen LogP contribution in [0.5, 0.6) is 0 Å². The third-order valence-electron chi connectivity index (χ3n) is 3.60. The number of hydrogen-bond acceptors (Lipinski definition) is 3. The van der Waals surface area contributed by atoms with Crippen molar-refractivity contribution in [2.45, 2.75) is 39.7 Å². The summed E-state index contributed by atoms with van der Waals surface area (Å²) in [7, 11) is 4.15. The molecule has 114 valence electrons. The van der Waals surface area contributed by atoms with Crippen LogP contribution in [0.3, 0.4) is 0 Å². The zero-order chi connectivity index (χ0) is 15.0. The predicted molar refractivity (Wildman–Crippen MR) is 83.5 cm³/mol. The maximum atomic E-state index is 5.69. The van der Waals surface area contributed by atoms with Crippen molar-refractivity contribution in [3.05, 3.63) is 35.9 Å². The second kappa shape index (κ2) is 8.40. The van der Waals surface area contributed by atoms with Gasteiger partial charge in [-0.05, 0) is 37.9 Å². The molecule has 1 aromatic rings. The van der Waals surface area contributed by atoms with Crippen LogP contribution in [-0.4, -0.2) is 32.1 Å². The molecule has 0 heterocycles. The molecule has 1 rings (SSSR count). The second-order valence-electron chi connectivity index (χ2n) is 6.37. The van der Waals surface area contributed by atoms with Crippen LogP contribution in [0.1, 0.15) is 45.3 Å². The molecular formula is C17H29NO2. The summed E-state index contributed by atoms with van der Waals surface area (Å²) >= 11 is 0. The second-order valence-corrected chi connectivity index (χ2v) is 6.37. The van der Waals surface area contributed by atoms with Gasteiger partial charge in [0.25, 0.3) is 0 Å². The van der Waals surface area contributed by atoms with Crippen molar-refractivity contribution < 1.29 is 9.78 Å². The summed E-state index contributed by atoms with van der Waals surface area (Å²) in [5.74, 6) is 0. The summed E-state index contributed by atoms with van der Waals surface area (Å²) < 4.78 is 0. The molecule has 0 amide bonds. The fourth-order valence-corrected chi connectivity index (χ4v) is 1.69. The minimum absolute atomic E-state index is 0.00810. The first-order chi connectivity index (χ1) is 9.44. The van der Waals surface area contributed by atoms with E-state index in [0.29, 0.717) is 6.61 Å². The van der Waals surface area contributed by atoms with E-state index in [1.54, 1.807) is 0 Å². The van der Waals surface area contributed by atoms with Crippen LogP contribution in [0.4, 0.5) is 0 Å². The van der Waals surface area contributed by atoms with Gasteiger partial charge < -0.3 is 4.90 Å². The highest BCUT2D eigenvalue weighted by Crippen LogP contribution is 2.24. The molecule has 0 fully saturated rings. The maximum Gasteiger partial charge on any atom is 0.119 e. The quantitative estimate of drug-likeness (QED) is 0.502. The Kier molecular flexibility index (Phi) is 7.20. The van der Waals surface area contributed by atoms with Gasteiger partial charge in [0.15, 0.2) is 0 Å². The van der Waals surface area contributed by atoms with Crippen LogP contribution >= 0.6 is 0 Å². The lowest BCUT2D eigenvalue weighted by atomic mass is 9.92. The standard InChI is InChI=1S/C17H29NO2/c1-6-17(2,3)14-19-20-16(12-13-18(4)5)15-10-8-7-9-11-15/h7-11,16H,6,12-14H2,1-5H3. The first kappa shape index (κ1) is 17.2. The summed E-state index contributed by atoms with van der Waals surface area (Å²) in [6.45, 7) is 8.14. The van der Waals surface area contributed by atoms with Gasteiger partial charge in [-0.1, -0.05) is 51.1 Å². The van der Waals surface area contributed by atoms with Crippen molar-refractivity contribution in [1.82, 2.24) is 4.90 Å². The largest absolute Gasteiger partial charge is 0.309 e. The highest BCUT2D eigenvalue weighted by molar-refractivity contribution is 5.17. The molecule has 0 aliphatic carbocycles. The van der Waals surface area contributed by atoms with Gasteiger partial charge in [0.1, 0.15) is 6.10 Å². The van der Waals surface area contributed by atoms with Gasteiger partial charge in [-0.3, -0.25) is 0 Å². The fraction of sp³-hybridized carbons (Fsp3) is 0.647. The predicted octanol–water partition coefficient (Wildman–Crippen LogP) is 4.06. The molecule has 0 saturated heterocycles. The zero-order valence-corrected chi connectivity index (χ0v) is 13.6. The molecule has 0 spiro atoms. The summed E-state index contributed by atoms with van der Waals surface area (Å²) in [5.41, 5.74) is 1.33. The summed E-state index contributed by atoms with van der Waals surface area (Å²) in [4.78, 5) is 13.4. The molecule has 0 aromatic heterocycles. The summed E-state index contributed by atoms with van der Waals surface area (Å²) in [6, 6.07) is 10.3. The normalized spacial score (nSPS) is 13.7. The van der Waals surface area contributed by atoms with E-state index in [0.717, 1.165) is 19.4 Å². The van der Waals surface area contributed by atoms with Crippen molar-refractivity contribution in [2.75, 3.05) is 27.2 Å². The fourth-order valence-electron chi connectivity index (χ4n) is 1.69. The van der Waals surface area contributed by atoms with Gasteiger partial charge in [-0.25, -0.2) is 9.78 Å². The molecular weight excluding hydrogens is 250 g/mol. The van der Waals surface area contributed by atoms with Gasteiger partial charge in [-0.2, -0.15) is 0 Å². The van der Waals surface area contributed by atoms with E-state index in [4.69, 9.17) is 9.78 Å². The highest BCUT2D eigenvalue weighted by atomic mass is 17.2. The molecule has 1 unspecified atom stereocenters. The number of nitrogens with zero attached hydrogens (tertiary/aromatic N) is 1. The highest BCUT2D eigenvalue weighted by Gasteiger charge is 2.19. The SMILES string of the molecule is CCC(C)(C)COOC(CCN(C)C)c1ccccc1. The van der Waals surface area contributed by atoms with Crippen molar-refractivity contribution in [3.63, 3.8) is 0 Å². The topological polar surface area (TPSA) is 21.7 Å². The van der Waals surface area contributed by atoms with Gasteiger partial charge in [0, 0.05) is 6.54 Å². The Morgan fingerprint density at radius 2 is 1.80 bits per heavy atom. The molecule has 0 N–H and O–H groups in total. The van der Waals surface area contributed by atoms with Crippen molar-refractivity contribution in [3.8, 4) is 0 Å². The van der Waals surface area contributed by atoms with Crippen molar-refractivity contribution >= 4 is 0 Å². The molecule has 0 aliphatic rings. The molecule has 1 aromatic carbocycles. The molecule has 0 saturated carbocycles. The third kappa shape index (κ3) is 6.51. The minimum Gasteiger partial charge on any atom is -0.309 e. The van der Waals surface area contributed by atoms with Crippen LogP contribution < -0.4 is 0 Å². The van der Waals surface area contributed by atoms with Gasteiger partial charge >= 0.3 is 0 Å². The summed E-state index contributed by atoms with van der Waals surface area (Å²) in [5, 5.41) is 0. The third-order valence-corrected chi connectivity index (χ3v) is 3.60. The number of benzene rings is 1. The Hall–Kier alpha value is -0.900. The molecule has 20 heavy (non-hydrogen) atoms. The van der Waals surface area contributed by atoms with Crippen LogP contribution in [0.15, 0.2) is 30.3 Å². The lowest BCUT2D eigenvalue weighted by molar-refractivity contribution is -0.340. The first-order valence-corrected chi connectivity index (χ1v) is 7.42. The van der Waals surface area contributed by atoms with E-state index in [-0.39, 0.29) is 11.5 Å². The van der Waals surface area contributed by atoms with E-state index in [9.17, 15) is 0 Å². The lowest BCUT2D eigenvalue weighted by Gasteiger charge is -2.24. The van der Waals surface area contributed by atoms with Crippen molar-refractivity contribution in [2.24, 2.45) is 5.41 Å². The Bertz CT molecular complexity index is 363. The molecule has 3 heteroatoms. The number of rotatable bonds is 9. The van der Waals surface area contributed by atoms with E-state index in [1.807, 2.05) is 18.2 Å². The van der Waals surface area contributed by atoms with Crippen molar-refractivity contribution in [1.29, 1.82) is 0 Å². The average molecular weight is 279 g/mol. The lowest BCUT2D eigenvalue weighted by Crippen LogP contribution is -2.21. The van der Waals surface area contributed by atoms with Gasteiger partial charge in [0.05, 0.1) is 6.61 Å². The smallest absolute Gasteiger partial charge is 0.119 e. The van der Waals surface area contributed by atoms with Gasteiger partial charge in [0.2, 0.25) is 0 Å². The average Bonchev–Trinajstić information content (AvgIpc) is 2.43. The van der Waals surface area contributed by atoms with Crippen LogP contribution in [-0.2, 0) is 9.78 Å². The van der Waals surface area contributed by atoms with E-state index in [1.165, 1.54) is 5.56 Å². The molecule has 0 aliphatic heterocycles. The molecule has 0 bridgehead atoms. The maximum absolute atomic E-state index is 5.69.